The summed E-state index contributed by atoms with van der Waals surface area (Å²) in [5, 5.41) is 3.91. The molecule has 1 aromatic heterocycles. The van der Waals surface area contributed by atoms with Crippen molar-refractivity contribution in [3.8, 4) is 23.0 Å². The molecule has 1 amide bonds. The van der Waals surface area contributed by atoms with E-state index in [1.165, 1.54) is 45.9 Å². The highest BCUT2D eigenvalue weighted by Gasteiger charge is 2.18. The van der Waals surface area contributed by atoms with Crippen molar-refractivity contribution < 1.29 is 28.5 Å². The van der Waals surface area contributed by atoms with Crippen LogP contribution in [0.3, 0.4) is 0 Å². The molecule has 0 spiro atoms. The Bertz CT molecular complexity index is 1090. The highest BCUT2D eigenvalue weighted by Crippen LogP contribution is 2.38. The third-order valence-electron chi connectivity index (χ3n) is 4.29. The molecule has 0 aliphatic heterocycles. The largest absolute Gasteiger partial charge is 0.493 e. The lowest BCUT2D eigenvalue weighted by atomic mass is 10.2. The number of ether oxygens (including phenoxy) is 4. The number of nitrogens with zero attached hydrogens (tertiary/aromatic N) is 2. The summed E-state index contributed by atoms with van der Waals surface area (Å²) in [4.78, 5) is 28.4. The molecule has 2 aromatic carbocycles. The van der Waals surface area contributed by atoms with Crippen LogP contribution in [0.1, 0.15) is 26.3 Å². The van der Waals surface area contributed by atoms with Crippen LogP contribution in [0.25, 0.3) is 0 Å². The van der Waals surface area contributed by atoms with Gasteiger partial charge in [-0.15, -0.1) is 0 Å². The number of nitrogens with one attached hydrogen (secondary N) is 1. The first-order valence-corrected chi connectivity index (χ1v) is 9.41. The molecule has 0 saturated heterocycles. The topological polar surface area (TPSA) is 108 Å². The van der Waals surface area contributed by atoms with Gasteiger partial charge in [0.05, 0.1) is 38.7 Å². The lowest BCUT2D eigenvalue weighted by Gasteiger charge is -2.13. The van der Waals surface area contributed by atoms with Gasteiger partial charge in [0.1, 0.15) is 5.75 Å². The van der Waals surface area contributed by atoms with Crippen molar-refractivity contribution in [2.45, 2.75) is 0 Å². The van der Waals surface area contributed by atoms with Crippen molar-refractivity contribution in [1.29, 1.82) is 0 Å². The van der Waals surface area contributed by atoms with E-state index >= 15 is 0 Å². The van der Waals surface area contributed by atoms with E-state index in [-0.39, 0.29) is 11.5 Å². The number of amides is 1. The second-order valence-electron chi connectivity index (χ2n) is 6.31. The number of hydrazone groups is 1. The maximum Gasteiger partial charge on any atom is 0.343 e. The molecule has 0 unspecified atom stereocenters. The van der Waals surface area contributed by atoms with E-state index in [1.807, 2.05) is 0 Å². The van der Waals surface area contributed by atoms with E-state index in [4.69, 9.17) is 18.9 Å². The minimum absolute atomic E-state index is 0.239. The van der Waals surface area contributed by atoms with Gasteiger partial charge < -0.3 is 18.9 Å². The predicted molar refractivity (Wildman–Crippen MR) is 117 cm³/mol. The summed E-state index contributed by atoms with van der Waals surface area (Å²) in [5.74, 6) is 0.447. The van der Waals surface area contributed by atoms with Crippen LogP contribution in [0.4, 0.5) is 0 Å². The molecule has 3 aromatic rings. The van der Waals surface area contributed by atoms with Crippen molar-refractivity contribution in [1.82, 2.24) is 10.4 Å². The Kier molecular flexibility index (Phi) is 7.37. The fourth-order valence-electron chi connectivity index (χ4n) is 2.71. The molecule has 9 heteroatoms. The van der Waals surface area contributed by atoms with E-state index in [9.17, 15) is 9.59 Å². The summed E-state index contributed by atoms with van der Waals surface area (Å²) in [6, 6.07) is 12.9. The first-order valence-electron chi connectivity index (χ1n) is 9.41. The SMILES string of the molecule is COc1cc(C(=O)Oc2ccc(/C=N/NC(=O)c3cccnc3)cc2)cc(OC)c1OC. The molecule has 0 bridgehead atoms. The van der Waals surface area contributed by atoms with Gasteiger partial charge in [-0.3, -0.25) is 9.78 Å². The van der Waals surface area contributed by atoms with E-state index in [1.54, 1.807) is 42.6 Å². The molecule has 0 saturated carbocycles. The molecular weight excluding hydrogens is 414 g/mol. The smallest absolute Gasteiger partial charge is 0.343 e. The zero-order chi connectivity index (χ0) is 22.9. The van der Waals surface area contributed by atoms with E-state index in [0.29, 0.717) is 34.1 Å². The first-order chi connectivity index (χ1) is 15.5. The van der Waals surface area contributed by atoms with Crippen LogP contribution >= 0.6 is 0 Å². The second-order valence-corrected chi connectivity index (χ2v) is 6.31. The lowest BCUT2D eigenvalue weighted by Crippen LogP contribution is -2.17. The summed E-state index contributed by atoms with van der Waals surface area (Å²) in [6.07, 6.45) is 4.50. The summed E-state index contributed by atoms with van der Waals surface area (Å²) < 4.78 is 21.2. The van der Waals surface area contributed by atoms with Crippen LogP contribution in [0.15, 0.2) is 66.0 Å². The first kappa shape index (κ1) is 22.3. The normalized spacial score (nSPS) is 10.5. The molecule has 9 nitrogen and oxygen atoms in total. The standard InChI is InChI=1S/C23H21N3O6/c1-29-19-11-17(12-20(30-2)21(19)31-3)23(28)32-18-8-6-15(7-9-18)13-25-26-22(27)16-5-4-10-24-14-16/h4-14H,1-3H3,(H,26,27)/b25-13+. The van der Waals surface area contributed by atoms with Crippen molar-refractivity contribution in [3.05, 3.63) is 77.6 Å². The number of benzene rings is 2. The third kappa shape index (κ3) is 5.39. The molecule has 32 heavy (non-hydrogen) atoms. The van der Waals surface area contributed by atoms with Gasteiger partial charge in [0.15, 0.2) is 11.5 Å². The number of pyridine rings is 1. The molecule has 0 fully saturated rings. The maximum absolute atomic E-state index is 12.6. The average Bonchev–Trinajstić information content (AvgIpc) is 2.84. The van der Waals surface area contributed by atoms with Gasteiger partial charge in [-0.05, 0) is 54.1 Å². The Balaban J connectivity index is 1.64. The van der Waals surface area contributed by atoms with Gasteiger partial charge in [0.2, 0.25) is 5.75 Å². The molecule has 0 aliphatic carbocycles. The lowest BCUT2D eigenvalue weighted by molar-refractivity contribution is 0.0733. The van der Waals surface area contributed by atoms with Gasteiger partial charge in [0.25, 0.3) is 5.91 Å². The Morgan fingerprint density at radius 2 is 1.62 bits per heavy atom. The molecule has 3 rings (SSSR count). The number of rotatable bonds is 8. The van der Waals surface area contributed by atoms with Crippen LogP contribution in [0.2, 0.25) is 0 Å². The summed E-state index contributed by atoms with van der Waals surface area (Å²) >= 11 is 0. The van der Waals surface area contributed by atoms with E-state index in [0.717, 1.165) is 0 Å². The molecule has 0 atom stereocenters. The number of aromatic nitrogens is 1. The van der Waals surface area contributed by atoms with Crippen LogP contribution in [0.5, 0.6) is 23.0 Å². The average molecular weight is 435 g/mol. The van der Waals surface area contributed by atoms with Crippen molar-refractivity contribution in [2.75, 3.05) is 21.3 Å². The van der Waals surface area contributed by atoms with Crippen LogP contribution in [0, 0.1) is 0 Å². The molecule has 1 heterocycles. The van der Waals surface area contributed by atoms with Gasteiger partial charge in [-0.2, -0.15) is 5.10 Å². The van der Waals surface area contributed by atoms with Crippen molar-refractivity contribution in [3.63, 3.8) is 0 Å². The number of esters is 1. The Hall–Kier alpha value is -4.40. The minimum Gasteiger partial charge on any atom is -0.493 e. The summed E-state index contributed by atoms with van der Waals surface area (Å²) in [7, 11) is 4.41. The number of carbonyl (C=O) groups is 2. The van der Waals surface area contributed by atoms with Crippen molar-refractivity contribution >= 4 is 18.1 Å². The highest BCUT2D eigenvalue weighted by atomic mass is 16.5. The second kappa shape index (κ2) is 10.6. The fourth-order valence-corrected chi connectivity index (χ4v) is 2.71. The summed E-state index contributed by atoms with van der Waals surface area (Å²) in [6.45, 7) is 0. The monoisotopic (exact) mass is 435 g/mol. The number of carbonyl (C=O) groups excluding carboxylic acids is 2. The quantitative estimate of drug-likeness (QED) is 0.251. The number of methoxy groups -OCH3 is 3. The number of hydrogen-bond acceptors (Lipinski definition) is 8. The van der Waals surface area contributed by atoms with Gasteiger partial charge in [-0.1, -0.05) is 0 Å². The molecule has 1 N–H and O–H groups in total. The van der Waals surface area contributed by atoms with Gasteiger partial charge in [-0.25, -0.2) is 10.2 Å². The zero-order valence-corrected chi connectivity index (χ0v) is 17.7. The molecule has 0 aliphatic rings. The van der Waals surface area contributed by atoms with Gasteiger partial charge in [0, 0.05) is 12.4 Å². The molecule has 164 valence electrons. The number of hydrogen-bond donors (Lipinski definition) is 1. The third-order valence-corrected chi connectivity index (χ3v) is 4.29. The Labute approximate surface area is 184 Å². The van der Waals surface area contributed by atoms with Gasteiger partial charge >= 0.3 is 5.97 Å². The zero-order valence-electron chi connectivity index (χ0n) is 17.7. The van der Waals surface area contributed by atoms with E-state index in [2.05, 4.69) is 15.5 Å². The van der Waals surface area contributed by atoms with Crippen LogP contribution in [-0.2, 0) is 0 Å². The molecular formula is C23H21N3O6. The minimum atomic E-state index is -0.589. The Morgan fingerprint density at radius 1 is 0.938 bits per heavy atom. The fraction of sp³-hybridized carbons (Fsp3) is 0.130. The maximum atomic E-state index is 12.6. The summed E-state index contributed by atoms with van der Waals surface area (Å²) in [5.41, 5.74) is 3.76. The van der Waals surface area contributed by atoms with Crippen molar-refractivity contribution in [2.24, 2.45) is 5.10 Å². The highest BCUT2D eigenvalue weighted by molar-refractivity contribution is 5.94. The molecule has 0 radical (unpaired) electrons. The van der Waals surface area contributed by atoms with Crippen LogP contribution < -0.4 is 24.4 Å². The predicted octanol–water partition coefficient (Wildman–Crippen LogP) is 3.09. The van der Waals surface area contributed by atoms with E-state index < -0.39 is 5.97 Å². The Morgan fingerprint density at radius 3 is 2.19 bits per heavy atom. The van der Waals surface area contributed by atoms with Crippen LogP contribution in [-0.4, -0.2) is 44.4 Å².